The maximum atomic E-state index is 4.62. The predicted molar refractivity (Wildman–Crippen MR) is 126 cm³/mol. The van der Waals surface area contributed by atoms with Crippen LogP contribution in [0.15, 0.2) is 63.6 Å². The fraction of sp³-hybridized carbons (Fsp3) is 0.375. The monoisotopic (exact) mass is 395 g/mol. The number of aliphatic imine (C=N–C) groups is 1. The topological polar surface area (TPSA) is 27.6 Å². The standard InChI is InChI=1S/C24H33N3S/c1-7-27(6)17-25-24-15-19(3)22(14-20(24)4)13-18(2)16-28-21(5)26-23-11-9-8-10-12-23/h9,11-12,14-17,26H,5,7-8,10,13H2,1-4,6H3/b18-16+,25-17?. The average molecular weight is 396 g/mol. The Kier molecular flexibility index (Phi) is 8.65. The summed E-state index contributed by atoms with van der Waals surface area (Å²) in [4.78, 5) is 6.70. The van der Waals surface area contributed by atoms with Gasteiger partial charge < -0.3 is 10.2 Å². The van der Waals surface area contributed by atoms with E-state index in [2.05, 4.69) is 85.3 Å². The van der Waals surface area contributed by atoms with Crippen molar-refractivity contribution >= 4 is 23.8 Å². The molecule has 3 nitrogen and oxygen atoms in total. The molecular formula is C24H33N3S. The number of allylic oxidation sites excluding steroid dienone is 4. The van der Waals surface area contributed by atoms with E-state index in [-0.39, 0.29) is 0 Å². The van der Waals surface area contributed by atoms with Crippen molar-refractivity contribution in [2.45, 2.75) is 47.0 Å². The molecule has 0 aliphatic heterocycles. The predicted octanol–water partition coefficient (Wildman–Crippen LogP) is 6.39. The molecule has 0 spiro atoms. The maximum Gasteiger partial charge on any atom is 0.0909 e. The largest absolute Gasteiger partial charge is 0.366 e. The van der Waals surface area contributed by atoms with E-state index >= 15 is 0 Å². The first-order chi connectivity index (χ1) is 13.4. The van der Waals surface area contributed by atoms with E-state index in [1.807, 2.05) is 13.4 Å². The van der Waals surface area contributed by atoms with Crippen LogP contribution in [0.1, 0.15) is 43.4 Å². The highest BCUT2D eigenvalue weighted by Gasteiger charge is 2.06. The smallest absolute Gasteiger partial charge is 0.0909 e. The first-order valence-corrected chi connectivity index (χ1v) is 10.8. The second-order valence-electron chi connectivity index (χ2n) is 7.33. The molecule has 0 bridgehead atoms. The van der Waals surface area contributed by atoms with Gasteiger partial charge in [0, 0.05) is 19.3 Å². The third kappa shape index (κ3) is 7.08. The van der Waals surface area contributed by atoms with Crippen molar-refractivity contribution in [3.8, 4) is 0 Å². The first kappa shape index (κ1) is 22.1. The average Bonchev–Trinajstić information content (AvgIpc) is 2.68. The Bertz CT molecular complexity index is 815. The van der Waals surface area contributed by atoms with E-state index in [4.69, 9.17) is 0 Å². The van der Waals surface area contributed by atoms with Crippen LogP contribution in [0, 0.1) is 13.8 Å². The summed E-state index contributed by atoms with van der Waals surface area (Å²) in [5, 5.41) is 6.52. The Labute approximate surface area is 175 Å². The molecule has 28 heavy (non-hydrogen) atoms. The lowest BCUT2D eigenvalue weighted by molar-refractivity contribution is 0.552. The van der Waals surface area contributed by atoms with Gasteiger partial charge in [-0.1, -0.05) is 42.1 Å². The molecule has 1 N–H and O–H groups in total. The second-order valence-corrected chi connectivity index (χ2v) is 8.29. The van der Waals surface area contributed by atoms with Crippen LogP contribution < -0.4 is 5.32 Å². The zero-order valence-corrected chi connectivity index (χ0v) is 18.7. The van der Waals surface area contributed by atoms with Crippen molar-refractivity contribution in [2.24, 2.45) is 4.99 Å². The molecule has 1 aromatic carbocycles. The highest BCUT2D eigenvalue weighted by Crippen LogP contribution is 2.26. The molecule has 0 unspecified atom stereocenters. The van der Waals surface area contributed by atoms with Crippen molar-refractivity contribution in [3.63, 3.8) is 0 Å². The molecule has 0 amide bonds. The third-order valence-electron chi connectivity index (χ3n) is 4.70. The molecule has 1 aromatic rings. The number of benzene rings is 1. The van der Waals surface area contributed by atoms with Gasteiger partial charge in [-0.15, -0.1) is 0 Å². The van der Waals surface area contributed by atoms with Crippen LogP contribution in [0.5, 0.6) is 0 Å². The first-order valence-electron chi connectivity index (χ1n) is 9.88. The highest BCUT2D eigenvalue weighted by atomic mass is 32.2. The van der Waals surface area contributed by atoms with Gasteiger partial charge in [0.15, 0.2) is 0 Å². The molecule has 0 saturated carbocycles. The van der Waals surface area contributed by atoms with Gasteiger partial charge in [-0.3, -0.25) is 0 Å². The van der Waals surface area contributed by atoms with E-state index in [1.165, 1.54) is 22.3 Å². The molecule has 0 saturated heterocycles. The van der Waals surface area contributed by atoms with Crippen LogP contribution >= 0.6 is 11.8 Å². The molecule has 1 aliphatic rings. The molecular weight excluding hydrogens is 362 g/mol. The molecule has 0 heterocycles. The summed E-state index contributed by atoms with van der Waals surface area (Å²) in [7, 11) is 2.04. The normalized spacial score (nSPS) is 14.3. The van der Waals surface area contributed by atoms with Gasteiger partial charge in [-0.25, -0.2) is 4.99 Å². The number of nitrogens with one attached hydrogen (secondary N) is 1. The number of thioether (sulfide) groups is 1. The van der Waals surface area contributed by atoms with Gasteiger partial charge in [-0.2, -0.15) is 0 Å². The van der Waals surface area contributed by atoms with Crippen LogP contribution in [0.3, 0.4) is 0 Å². The SMILES string of the molecule is C=C(NC1=CCCC=C1)S/C=C(\C)Cc1cc(C)c(N=CN(C)CC)cc1C. The number of nitrogens with zero attached hydrogens (tertiary/aromatic N) is 2. The van der Waals surface area contributed by atoms with Gasteiger partial charge in [0.25, 0.3) is 0 Å². The summed E-state index contributed by atoms with van der Waals surface area (Å²) in [6, 6.07) is 4.45. The van der Waals surface area contributed by atoms with Crippen molar-refractivity contribution in [1.29, 1.82) is 0 Å². The number of hydrogen-bond acceptors (Lipinski definition) is 3. The summed E-state index contributed by atoms with van der Waals surface area (Å²) >= 11 is 1.65. The molecule has 150 valence electrons. The lowest BCUT2D eigenvalue weighted by atomic mass is 9.99. The fourth-order valence-corrected chi connectivity index (χ4v) is 3.45. The minimum absolute atomic E-state index is 0.939. The van der Waals surface area contributed by atoms with E-state index in [0.717, 1.165) is 42.2 Å². The Balaban J connectivity index is 1.97. The molecule has 0 radical (unpaired) electrons. The molecule has 0 fully saturated rings. The van der Waals surface area contributed by atoms with E-state index in [1.54, 1.807) is 11.8 Å². The lowest BCUT2D eigenvalue weighted by Crippen LogP contribution is -2.14. The Morgan fingerprint density at radius 2 is 2.07 bits per heavy atom. The van der Waals surface area contributed by atoms with E-state index in [9.17, 15) is 0 Å². The quantitative estimate of drug-likeness (QED) is 0.388. The number of aryl methyl sites for hydroxylation is 2. The minimum atomic E-state index is 0.939. The van der Waals surface area contributed by atoms with Gasteiger partial charge in [0.1, 0.15) is 0 Å². The number of rotatable bonds is 9. The van der Waals surface area contributed by atoms with Crippen LogP contribution in [-0.2, 0) is 6.42 Å². The summed E-state index contributed by atoms with van der Waals surface area (Å²) < 4.78 is 0. The number of hydrogen-bond donors (Lipinski definition) is 1. The van der Waals surface area contributed by atoms with Crippen LogP contribution in [0.4, 0.5) is 5.69 Å². The summed E-state index contributed by atoms with van der Waals surface area (Å²) in [5.41, 5.74) is 7.36. The molecule has 0 aromatic heterocycles. The summed E-state index contributed by atoms with van der Waals surface area (Å²) in [5.74, 6) is 0. The third-order valence-corrected chi connectivity index (χ3v) is 5.60. The van der Waals surface area contributed by atoms with Crippen molar-refractivity contribution in [3.05, 3.63) is 75.3 Å². The highest BCUT2D eigenvalue weighted by molar-refractivity contribution is 8.05. The van der Waals surface area contributed by atoms with Crippen LogP contribution in [0.2, 0.25) is 0 Å². The maximum absolute atomic E-state index is 4.62. The Hall–Kier alpha value is -2.20. The van der Waals surface area contributed by atoms with E-state index < -0.39 is 0 Å². The van der Waals surface area contributed by atoms with Crippen LogP contribution in [0.25, 0.3) is 0 Å². The van der Waals surface area contributed by atoms with Gasteiger partial charge in [0.05, 0.1) is 17.1 Å². The van der Waals surface area contributed by atoms with E-state index in [0.29, 0.717) is 0 Å². The zero-order valence-electron chi connectivity index (χ0n) is 17.9. The second kappa shape index (κ2) is 11.0. The fourth-order valence-electron chi connectivity index (χ4n) is 2.84. The zero-order chi connectivity index (χ0) is 20.5. The van der Waals surface area contributed by atoms with Crippen molar-refractivity contribution < 1.29 is 0 Å². The van der Waals surface area contributed by atoms with Crippen molar-refractivity contribution in [2.75, 3.05) is 13.6 Å². The molecule has 2 rings (SSSR count). The molecule has 0 atom stereocenters. The van der Waals surface area contributed by atoms with Gasteiger partial charge in [0.2, 0.25) is 0 Å². The molecule has 1 aliphatic carbocycles. The Morgan fingerprint density at radius 3 is 2.75 bits per heavy atom. The summed E-state index contributed by atoms with van der Waals surface area (Å²) in [6.45, 7) is 13.7. The summed E-state index contributed by atoms with van der Waals surface area (Å²) in [6.07, 6.45) is 11.6. The minimum Gasteiger partial charge on any atom is -0.366 e. The van der Waals surface area contributed by atoms with Gasteiger partial charge >= 0.3 is 0 Å². The molecule has 4 heteroatoms. The van der Waals surface area contributed by atoms with Crippen LogP contribution in [-0.4, -0.2) is 24.8 Å². The Morgan fingerprint density at radius 1 is 1.29 bits per heavy atom. The lowest BCUT2D eigenvalue weighted by Gasteiger charge is -2.13. The van der Waals surface area contributed by atoms with Crippen molar-refractivity contribution in [1.82, 2.24) is 10.2 Å². The van der Waals surface area contributed by atoms with Gasteiger partial charge in [-0.05, 0) is 81.2 Å².